The molecule has 1 aromatic heterocycles. The summed E-state index contributed by atoms with van der Waals surface area (Å²) in [7, 11) is 1.19. The number of nitrogens with zero attached hydrogens (tertiary/aromatic N) is 2. The average molecular weight is 563 g/mol. The predicted octanol–water partition coefficient (Wildman–Crippen LogP) is 1.15. The number of rotatable bonds is 8. The molecular formula is C29H30N4O8. The zero-order valence-electron chi connectivity index (χ0n) is 22.6. The van der Waals surface area contributed by atoms with Crippen molar-refractivity contribution in [3.05, 3.63) is 92.3 Å². The molecule has 12 heteroatoms. The van der Waals surface area contributed by atoms with Gasteiger partial charge in [0.2, 0.25) is 5.91 Å². The minimum absolute atomic E-state index is 0.0383. The fourth-order valence-corrected chi connectivity index (χ4v) is 5.35. The first-order valence-corrected chi connectivity index (χ1v) is 13.1. The first kappa shape index (κ1) is 27.8. The molecule has 2 heterocycles. The number of carbonyl (C=O) groups excluding carboxylic acids is 3. The summed E-state index contributed by atoms with van der Waals surface area (Å²) in [5.41, 5.74) is 3.29. The third-order valence-corrected chi connectivity index (χ3v) is 7.44. The van der Waals surface area contributed by atoms with Crippen molar-refractivity contribution in [3.8, 4) is 11.1 Å². The third kappa shape index (κ3) is 5.78. The molecule has 0 spiro atoms. The van der Waals surface area contributed by atoms with E-state index in [9.17, 15) is 24.0 Å². The molecule has 2 N–H and O–H groups in total. The number of hydrogen-bond donors (Lipinski definition) is 2. The molecule has 12 nitrogen and oxygen atoms in total. The maximum absolute atomic E-state index is 13.3. The second-order valence-corrected chi connectivity index (χ2v) is 9.98. The van der Waals surface area contributed by atoms with E-state index in [2.05, 4.69) is 10.3 Å². The highest BCUT2D eigenvalue weighted by Crippen LogP contribution is 2.44. The van der Waals surface area contributed by atoms with Crippen molar-refractivity contribution >= 4 is 18.0 Å². The lowest BCUT2D eigenvalue weighted by Crippen LogP contribution is -2.55. The highest BCUT2D eigenvalue weighted by molar-refractivity contribution is 5.82. The Labute approximate surface area is 234 Å². The van der Waals surface area contributed by atoms with Crippen LogP contribution < -0.4 is 16.6 Å². The van der Waals surface area contributed by atoms with Crippen LogP contribution in [0.2, 0.25) is 0 Å². The monoisotopic (exact) mass is 562 g/mol. The zero-order chi connectivity index (χ0) is 29.1. The minimum atomic E-state index is -0.761. The number of H-pyrrole nitrogens is 1. The van der Waals surface area contributed by atoms with Crippen molar-refractivity contribution in [2.75, 3.05) is 33.5 Å². The summed E-state index contributed by atoms with van der Waals surface area (Å²) in [6.45, 7) is 0.862. The number of amides is 2. The van der Waals surface area contributed by atoms with Crippen LogP contribution in [0.5, 0.6) is 0 Å². The van der Waals surface area contributed by atoms with Gasteiger partial charge < -0.3 is 24.4 Å². The molecule has 3 aromatic rings. The SMILES string of the molecule is COC(=O)CN(C(=O)Cn1cc(C)c(=O)[nH]c1=O)[C@H]1COC[C@@H]1NC(=O)OCC1c2ccccc2-c2ccccc21. The second kappa shape index (κ2) is 11.8. The molecule has 0 bridgehead atoms. The highest BCUT2D eigenvalue weighted by atomic mass is 16.6. The van der Waals surface area contributed by atoms with Gasteiger partial charge in [0, 0.05) is 17.7 Å². The Morgan fingerprint density at radius 1 is 1.05 bits per heavy atom. The van der Waals surface area contributed by atoms with E-state index in [1.165, 1.54) is 25.1 Å². The van der Waals surface area contributed by atoms with Gasteiger partial charge >= 0.3 is 17.8 Å². The first-order valence-electron chi connectivity index (χ1n) is 13.1. The van der Waals surface area contributed by atoms with Crippen molar-refractivity contribution in [3.63, 3.8) is 0 Å². The summed E-state index contributed by atoms with van der Waals surface area (Å²) in [6.07, 6.45) is 0.581. The van der Waals surface area contributed by atoms with E-state index in [0.717, 1.165) is 26.8 Å². The first-order chi connectivity index (χ1) is 19.8. The van der Waals surface area contributed by atoms with Crippen molar-refractivity contribution in [1.82, 2.24) is 19.8 Å². The van der Waals surface area contributed by atoms with Gasteiger partial charge in [-0.15, -0.1) is 0 Å². The number of aryl methyl sites for hydroxylation is 1. The Hall–Kier alpha value is -4.71. The number of ether oxygens (including phenoxy) is 3. The van der Waals surface area contributed by atoms with Crippen molar-refractivity contribution in [1.29, 1.82) is 0 Å². The standard InChI is InChI=1S/C29H30N4O8/c1-17-11-32(28(37)31-27(17)36)12-25(34)33(13-26(35)39-2)24-16-40-15-23(24)30-29(38)41-14-22-20-9-5-3-7-18(20)19-8-4-6-10-21(19)22/h3-11,22-24H,12-16H2,1-2H3,(H,30,38)(H,31,36,37)/t23-,24-/m0/s1. The van der Waals surface area contributed by atoms with Crippen LogP contribution in [0.25, 0.3) is 11.1 Å². The van der Waals surface area contributed by atoms with E-state index < -0.39 is 54.4 Å². The predicted molar refractivity (Wildman–Crippen MR) is 146 cm³/mol. The Bertz CT molecular complexity index is 1550. The number of hydrogen-bond acceptors (Lipinski definition) is 8. The summed E-state index contributed by atoms with van der Waals surface area (Å²) >= 11 is 0. The number of aromatic nitrogens is 2. The molecule has 2 aliphatic rings. The summed E-state index contributed by atoms with van der Waals surface area (Å²) in [6, 6.07) is 14.6. The number of nitrogens with one attached hydrogen (secondary N) is 2. The van der Waals surface area contributed by atoms with Crippen LogP contribution in [0.3, 0.4) is 0 Å². The topological polar surface area (TPSA) is 149 Å². The number of methoxy groups -OCH3 is 1. The van der Waals surface area contributed by atoms with E-state index in [4.69, 9.17) is 14.2 Å². The maximum Gasteiger partial charge on any atom is 0.407 e. The molecule has 2 amide bonds. The second-order valence-electron chi connectivity index (χ2n) is 9.98. The van der Waals surface area contributed by atoms with E-state index in [1.807, 2.05) is 48.5 Å². The van der Waals surface area contributed by atoms with Crippen LogP contribution in [-0.4, -0.2) is 78.0 Å². The molecule has 2 aromatic carbocycles. The average Bonchev–Trinajstić information content (AvgIpc) is 3.55. The van der Waals surface area contributed by atoms with Crippen LogP contribution in [0.1, 0.15) is 22.6 Å². The molecule has 0 unspecified atom stereocenters. The smallest absolute Gasteiger partial charge is 0.407 e. The lowest BCUT2D eigenvalue weighted by atomic mass is 9.98. The maximum atomic E-state index is 13.3. The van der Waals surface area contributed by atoms with Crippen molar-refractivity contribution in [2.45, 2.75) is 31.5 Å². The molecular weight excluding hydrogens is 532 g/mol. The number of fused-ring (bicyclic) bond motifs is 3. The van der Waals surface area contributed by atoms with E-state index in [-0.39, 0.29) is 31.3 Å². The molecule has 1 aliphatic heterocycles. The molecule has 5 rings (SSSR count). The molecule has 214 valence electrons. The summed E-state index contributed by atoms with van der Waals surface area (Å²) in [5, 5.41) is 2.77. The Morgan fingerprint density at radius 3 is 2.37 bits per heavy atom. The zero-order valence-corrected chi connectivity index (χ0v) is 22.6. The number of alkyl carbamates (subject to hydrolysis) is 1. The highest BCUT2D eigenvalue weighted by Gasteiger charge is 2.38. The Kier molecular flexibility index (Phi) is 8.02. The lowest BCUT2D eigenvalue weighted by Gasteiger charge is -2.31. The van der Waals surface area contributed by atoms with Crippen LogP contribution in [0.15, 0.2) is 64.3 Å². The van der Waals surface area contributed by atoms with Crippen molar-refractivity contribution < 1.29 is 28.6 Å². The van der Waals surface area contributed by atoms with Gasteiger partial charge in [0.15, 0.2) is 0 Å². The fraction of sp³-hybridized carbons (Fsp3) is 0.345. The van der Waals surface area contributed by atoms with E-state index >= 15 is 0 Å². The molecule has 1 saturated heterocycles. The Balaban J connectivity index is 1.28. The summed E-state index contributed by atoms with van der Waals surface area (Å²) < 4.78 is 17.0. The lowest BCUT2D eigenvalue weighted by molar-refractivity contribution is -0.149. The van der Waals surface area contributed by atoms with E-state index in [1.54, 1.807) is 0 Å². The van der Waals surface area contributed by atoms with Crippen molar-refractivity contribution in [2.24, 2.45) is 0 Å². The normalized spacial score (nSPS) is 17.4. The summed E-state index contributed by atoms with van der Waals surface area (Å²) in [5.74, 6) is -1.41. The minimum Gasteiger partial charge on any atom is -0.468 e. The van der Waals surface area contributed by atoms with Gasteiger partial charge in [-0.2, -0.15) is 0 Å². The Morgan fingerprint density at radius 2 is 1.71 bits per heavy atom. The van der Waals surface area contributed by atoms with Crippen LogP contribution in [0.4, 0.5) is 4.79 Å². The van der Waals surface area contributed by atoms with Gasteiger partial charge in [0.25, 0.3) is 5.56 Å². The molecule has 0 saturated carbocycles. The van der Waals surface area contributed by atoms with Crippen LogP contribution in [0, 0.1) is 6.92 Å². The molecule has 1 fully saturated rings. The van der Waals surface area contributed by atoms with Crippen LogP contribution in [-0.2, 0) is 30.3 Å². The summed E-state index contributed by atoms with van der Waals surface area (Å²) in [4.78, 5) is 65.8. The van der Waals surface area contributed by atoms with Gasteiger partial charge in [0.1, 0.15) is 19.7 Å². The van der Waals surface area contributed by atoms with E-state index in [0.29, 0.717) is 0 Å². The van der Waals surface area contributed by atoms with Crippen LogP contribution >= 0.6 is 0 Å². The molecule has 2 atom stereocenters. The number of carbonyl (C=O) groups is 3. The molecule has 1 aliphatic carbocycles. The molecule has 0 radical (unpaired) electrons. The van der Waals surface area contributed by atoms with Gasteiger partial charge in [-0.25, -0.2) is 9.59 Å². The van der Waals surface area contributed by atoms with Gasteiger partial charge in [0.05, 0.1) is 32.4 Å². The largest absolute Gasteiger partial charge is 0.468 e. The van der Waals surface area contributed by atoms with Gasteiger partial charge in [-0.05, 0) is 29.2 Å². The number of esters is 1. The number of benzene rings is 2. The van der Waals surface area contributed by atoms with Gasteiger partial charge in [-0.1, -0.05) is 48.5 Å². The third-order valence-electron chi connectivity index (χ3n) is 7.44. The molecule has 41 heavy (non-hydrogen) atoms. The van der Waals surface area contributed by atoms with Gasteiger partial charge in [-0.3, -0.25) is 23.9 Å². The quantitative estimate of drug-likeness (QED) is 0.389. The number of aromatic amines is 1. The fourth-order valence-electron chi connectivity index (χ4n) is 5.35.